The van der Waals surface area contributed by atoms with Crippen molar-refractivity contribution in [3.63, 3.8) is 0 Å². The number of hydrogen-bond acceptors (Lipinski definition) is 6. The molecule has 1 fully saturated rings. The lowest BCUT2D eigenvalue weighted by Crippen LogP contribution is -2.55. The number of aromatic carboxylic acids is 1. The number of ether oxygens (including phenoxy) is 1. The Labute approximate surface area is 151 Å². The van der Waals surface area contributed by atoms with Gasteiger partial charge in [-0.05, 0) is 39.8 Å². The van der Waals surface area contributed by atoms with Gasteiger partial charge in [-0.25, -0.2) is 9.59 Å². The van der Waals surface area contributed by atoms with E-state index in [2.05, 4.69) is 4.98 Å². The number of anilines is 1. The fourth-order valence-corrected chi connectivity index (χ4v) is 2.97. The zero-order chi connectivity index (χ0) is 19.1. The van der Waals surface area contributed by atoms with Crippen LogP contribution < -0.4 is 4.90 Å². The number of piperazine rings is 1. The van der Waals surface area contributed by atoms with Crippen LogP contribution in [-0.4, -0.2) is 58.3 Å². The molecule has 1 unspecified atom stereocenters. The number of aromatic nitrogens is 1. The topological polar surface area (TPSA) is 96.1 Å². The van der Waals surface area contributed by atoms with Gasteiger partial charge in [0.15, 0.2) is 5.58 Å². The number of hydrogen-bond donors (Lipinski definition) is 1. The Kier molecular flexibility index (Phi) is 4.52. The largest absolute Gasteiger partial charge is 0.478 e. The van der Waals surface area contributed by atoms with Crippen LogP contribution in [0.15, 0.2) is 22.6 Å². The standard InChI is InChI=1S/C18H23N3O5/c1-11-10-20(8-9-21(11)17(24)26-18(2,3)4)16-19-14-12(15(22)23)6-5-7-13(14)25-16/h5-7,11H,8-10H2,1-4H3,(H,22,23). The molecule has 1 aliphatic heterocycles. The third-order valence-corrected chi connectivity index (χ3v) is 4.16. The maximum Gasteiger partial charge on any atom is 0.410 e. The predicted molar refractivity (Wildman–Crippen MR) is 95.6 cm³/mol. The average Bonchev–Trinajstić information content (AvgIpc) is 2.96. The zero-order valence-corrected chi connectivity index (χ0v) is 15.4. The summed E-state index contributed by atoms with van der Waals surface area (Å²) in [6.45, 7) is 8.97. The fraction of sp³-hybridized carbons (Fsp3) is 0.500. The van der Waals surface area contributed by atoms with Gasteiger partial charge >= 0.3 is 12.1 Å². The van der Waals surface area contributed by atoms with E-state index in [4.69, 9.17) is 9.15 Å². The maximum atomic E-state index is 12.3. The van der Waals surface area contributed by atoms with E-state index in [0.29, 0.717) is 36.7 Å². The Balaban J connectivity index is 1.77. The van der Waals surface area contributed by atoms with Gasteiger partial charge in [-0.15, -0.1) is 0 Å². The molecular formula is C18H23N3O5. The van der Waals surface area contributed by atoms with Crippen LogP contribution >= 0.6 is 0 Å². The second-order valence-corrected chi connectivity index (χ2v) is 7.42. The molecule has 0 saturated carbocycles. The molecule has 0 aliphatic carbocycles. The van der Waals surface area contributed by atoms with Crippen molar-refractivity contribution in [2.45, 2.75) is 39.3 Å². The van der Waals surface area contributed by atoms with Crippen molar-refractivity contribution < 1.29 is 23.8 Å². The normalized spacial score (nSPS) is 18.2. The lowest BCUT2D eigenvalue weighted by molar-refractivity contribution is 0.0156. The molecular weight excluding hydrogens is 338 g/mol. The molecule has 1 saturated heterocycles. The molecule has 1 aromatic carbocycles. The van der Waals surface area contributed by atoms with Crippen molar-refractivity contribution in [1.82, 2.24) is 9.88 Å². The first-order valence-electron chi connectivity index (χ1n) is 8.53. The third-order valence-electron chi connectivity index (χ3n) is 4.16. The van der Waals surface area contributed by atoms with Gasteiger partial charge in [0.05, 0.1) is 5.56 Å². The Morgan fingerprint density at radius 2 is 2.04 bits per heavy atom. The van der Waals surface area contributed by atoms with Gasteiger partial charge in [0, 0.05) is 25.7 Å². The van der Waals surface area contributed by atoms with Crippen LogP contribution in [0.1, 0.15) is 38.1 Å². The molecule has 3 rings (SSSR count). The highest BCUT2D eigenvalue weighted by molar-refractivity contribution is 6.00. The highest BCUT2D eigenvalue weighted by Crippen LogP contribution is 2.27. The van der Waals surface area contributed by atoms with Gasteiger partial charge in [0.25, 0.3) is 6.01 Å². The van der Waals surface area contributed by atoms with E-state index in [0.717, 1.165) is 0 Å². The smallest absolute Gasteiger partial charge is 0.410 e. The lowest BCUT2D eigenvalue weighted by atomic mass is 10.2. The van der Waals surface area contributed by atoms with Gasteiger partial charge in [-0.3, -0.25) is 0 Å². The molecule has 1 N–H and O–H groups in total. The number of nitrogens with zero attached hydrogens (tertiary/aromatic N) is 3. The van der Waals surface area contributed by atoms with E-state index >= 15 is 0 Å². The van der Waals surface area contributed by atoms with Crippen LogP contribution in [0, 0.1) is 0 Å². The molecule has 1 aromatic heterocycles. The Hall–Kier alpha value is -2.77. The molecule has 1 amide bonds. The van der Waals surface area contributed by atoms with E-state index in [1.807, 2.05) is 32.6 Å². The minimum Gasteiger partial charge on any atom is -0.478 e. The lowest BCUT2D eigenvalue weighted by Gasteiger charge is -2.39. The first-order chi connectivity index (χ1) is 12.2. The van der Waals surface area contributed by atoms with Crippen molar-refractivity contribution >= 4 is 29.2 Å². The summed E-state index contributed by atoms with van der Waals surface area (Å²) in [6.07, 6.45) is -0.338. The molecule has 0 spiro atoms. The number of para-hydroxylation sites is 1. The Morgan fingerprint density at radius 1 is 1.31 bits per heavy atom. The quantitative estimate of drug-likeness (QED) is 0.878. The van der Waals surface area contributed by atoms with Gasteiger partial charge in [-0.2, -0.15) is 4.98 Å². The Morgan fingerprint density at radius 3 is 2.65 bits per heavy atom. The van der Waals surface area contributed by atoms with Gasteiger partial charge in [0.2, 0.25) is 0 Å². The number of fused-ring (bicyclic) bond motifs is 1. The number of carboxylic acid groups (broad SMARTS) is 1. The van der Waals surface area contributed by atoms with E-state index in [9.17, 15) is 14.7 Å². The number of carbonyl (C=O) groups is 2. The van der Waals surface area contributed by atoms with E-state index < -0.39 is 11.6 Å². The number of benzene rings is 1. The molecule has 0 bridgehead atoms. The monoisotopic (exact) mass is 361 g/mol. The fourth-order valence-electron chi connectivity index (χ4n) is 2.97. The van der Waals surface area contributed by atoms with Crippen molar-refractivity contribution in [3.8, 4) is 0 Å². The van der Waals surface area contributed by atoms with Gasteiger partial charge in [-0.1, -0.05) is 6.07 Å². The summed E-state index contributed by atoms with van der Waals surface area (Å²) in [5.74, 6) is -1.04. The molecule has 8 nitrogen and oxygen atoms in total. The molecule has 1 aliphatic rings. The minimum absolute atomic E-state index is 0.0902. The molecule has 8 heteroatoms. The summed E-state index contributed by atoms with van der Waals surface area (Å²) in [4.78, 5) is 31.6. The van der Waals surface area contributed by atoms with Crippen molar-refractivity contribution in [2.75, 3.05) is 24.5 Å². The number of rotatable bonds is 2. The first-order valence-corrected chi connectivity index (χ1v) is 8.53. The van der Waals surface area contributed by atoms with Crippen LogP contribution in [0.4, 0.5) is 10.8 Å². The van der Waals surface area contributed by atoms with Crippen molar-refractivity contribution in [2.24, 2.45) is 0 Å². The van der Waals surface area contributed by atoms with Crippen LogP contribution in [0.25, 0.3) is 11.1 Å². The summed E-state index contributed by atoms with van der Waals surface area (Å²) in [7, 11) is 0. The number of oxazole rings is 1. The van der Waals surface area contributed by atoms with Crippen LogP contribution in [0.2, 0.25) is 0 Å². The van der Waals surface area contributed by atoms with Crippen LogP contribution in [0.5, 0.6) is 0 Å². The van der Waals surface area contributed by atoms with Crippen LogP contribution in [-0.2, 0) is 4.74 Å². The number of amides is 1. The molecule has 1 atom stereocenters. The van der Waals surface area contributed by atoms with Crippen LogP contribution in [0.3, 0.4) is 0 Å². The molecule has 2 heterocycles. The zero-order valence-electron chi connectivity index (χ0n) is 15.4. The highest BCUT2D eigenvalue weighted by Gasteiger charge is 2.32. The summed E-state index contributed by atoms with van der Waals surface area (Å²) in [5, 5.41) is 9.28. The number of carboxylic acids is 1. The molecule has 2 aromatic rings. The Bertz CT molecular complexity index is 839. The summed E-state index contributed by atoms with van der Waals surface area (Å²) in [5.41, 5.74) is 0.332. The van der Waals surface area contributed by atoms with E-state index in [-0.39, 0.29) is 17.7 Å². The molecule has 26 heavy (non-hydrogen) atoms. The average molecular weight is 361 g/mol. The first kappa shape index (κ1) is 18.0. The highest BCUT2D eigenvalue weighted by atomic mass is 16.6. The second kappa shape index (κ2) is 6.51. The molecule has 140 valence electrons. The van der Waals surface area contributed by atoms with Gasteiger partial charge < -0.3 is 24.1 Å². The van der Waals surface area contributed by atoms with E-state index in [1.54, 1.807) is 17.0 Å². The van der Waals surface area contributed by atoms with E-state index in [1.165, 1.54) is 6.07 Å². The number of carbonyl (C=O) groups excluding carboxylic acids is 1. The third kappa shape index (κ3) is 3.58. The van der Waals surface area contributed by atoms with Crippen molar-refractivity contribution in [3.05, 3.63) is 23.8 Å². The van der Waals surface area contributed by atoms with Gasteiger partial charge in [0.1, 0.15) is 11.1 Å². The SMILES string of the molecule is CC1CN(c2nc3c(C(=O)O)cccc3o2)CCN1C(=O)OC(C)(C)C. The molecule has 0 radical (unpaired) electrons. The second-order valence-electron chi connectivity index (χ2n) is 7.42. The minimum atomic E-state index is -1.04. The summed E-state index contributed by atoms with van der Waals surface area (Å²) in [6, 6.07) is 5.10. The van der Waals surface area contributed by atoms with Crippen molar-refractivity contribution in [1.29, 1.82) is 0 Å². The maximum absolute atomic E-state index is 12.3. The summed E-state index contributed by atoms with van der Waals surface area (Å²) < 4.78 is 11.2. The predicted octanol–water partition coefficient (Wildman–Crippen LogP) is 2.97. The summed E-state index contributed by atoms with van der Waals surface area (Å²) >= 11 is 0.